The van der Waals surface area contributed by atoms with E-state index >= 15 is 0 Å². The van der Waals surface area contributed by atoms with Crippen LogP contribution in [0.2, 0.25) is 0 Å². The van der Waals surface area contributed by atoms with E-state index in [2.05, 4.69) is 0 Å². The van der Waals surface area contributed by atoms with E-state index in [1.165, 1.54) is 18.2 Å². The highest BCUT2D eigenvalue weighted by atomic mass is 19.4. The van der Waals surface area contributed by atoms with Crippen LogP contribution in [0.15, 0.2) is 36.4 Å². The second-order valence-corrected chi connectivity index (χ2v) is 4.74. The Morgan fingerprint density at radius 1 is 1.35 bits per heavy atom. The maximum atomic E-state index is 12.4. The first-order chi connectivity index (χ1) is 9.41. The van der Waals surface area contributed by atoms with Crippen LogP contribution in [0.1, 0.15) is 30.4 Å². The van der Waals surface area contributed by atoms with Gasteiger partial charge in [-0.3, -0.25) is 0 Å². The fourth-order valence-electron chi connectivity index (χ4n) is 2.12. The molecule has 2 atom stereocenters. The molecule has 0 spiro atoms. The zero-order valence-electron chi connectivity index (χ0n) is 11.0. The van der Waals surface area contributed by atoms with Crippen LogP contribution in [0, 0.1) is 5.92 Å². The highest BCUT2D eigenvalue weighted by Crippen LogP contribution is 2.48. The van der Waals surface area contributed by atoms with E-state index in [0.717, 1.165) is 24.1 Å². The van der Waals surface area contributed by atoms with Crippen molar-refractivity contribution in [2.24, 2.45) is 5.92 Å². The Bertz CT molecular complexity index is 503. The molecule has 0 saturated heterocycles. The summed E-state index contributed by atoms with van der Waals surface area (Å²) in [6, 6.07) is 5.21. The number of hydrogen-bond acceptors (Lipinski definition) is 2. The van der Waals surface area contributed by atoms with Gasteiger partial charge in [-0.1, -0.05) is 18.2 Å². The number of esters is 1. The lowest BCUT2D eigenvalue weighted by atomic mass is 10.1. The largest absolute Gasteiger partial charge is 0.463 e. The molecule has 1 aromatic rings. The minimum Gasteiger partial charge on any atom is -0.463 e. The molecule has 5 heteroatoms. The lowest BCUT2D eigenvalue weighted by Gasteiger charge is -2.07. The average Bonchev–Trinajstić information content (AvgIpc) is 3.15. The van der Waals surface area contributed by atoms with Crippen molar-refractivity contribution in [3.05, 3.63) is 47.5 Å². The van der Waals surface area contributed by atoms with E-state index in [4.69, 9.17) is 4.74 Å². The third kappa shape index (κ3) is 3.62. The lowest BCUT2D eigenvalue weighted by molar-refractivity contribution is -0.138. The zero-order valence-corrected chi connectivity index (χ0v) is 11.0. The monoisotopic (exact) mass is 284 g/mol. The number of carbonyl (C=O) groups excluding carboxylic acids is 1. The van der Waals surface area contributed by atoms with Gasteiger partial charge in [-0.2, -0.15) is 13.2 Å². The molecule has 1 aromatic carbocycles. The van der Waals surface area contributed by atoms with Crippen LogP contribution < -0.4 is 0 Å². The quantitative estimate of drug-likeness (QED) is 0.618. The van der Waals surface area contributed by atoms with Crippen LogP contribution in [-0.4, -0.2) is 12.6 Å². The number of alkyl halides is 3. The number of rotatable bonds is 4. The molecule has 2 unspecified atom stereocenters. The molecule has 0 heterocycles. The summed E-state index contributed by atoms with van der Waals surface area (Å²) in [5.41, 5.74) is 0.233. The smallest absolute Gasteiger partial charge is 0.416 e. The number of halogens is 3. The molecule has 0 aliphatic heterocycles. The molecule has 0 amide bonds. The van der Waals surface area contributed by atoms with Crippen molar-refractivity contribution in [1.82, 2.24) is 0 Å². The number of benzene rings is 1. The fraction of sp³-hybridized carbons (Fsp3) is 0.400. The van der Waals surface area contributed by atoms with Gasteiger partial charge in [0.2, 0.25) is 0 Å². The van der Waals surface area contributed by atoms with Gasteiger partial charge in [-0.25, -0.2) is 4.79 Å². The first-order valence-electron chi connectivity index (χ1n) is 6.44. The maximum Gasteiger partial charge on any atom is 0.416 e. The molecule has 0 bridgehead atoms. The van der Waals surface area contributed by atoms with Crippen molar-refractivity contribution in [3.63, 3.8) is 0 Å². The number of ether oxygens (including phenoxy) is 1. The highest BCUT2D eigenvalue weighted by Gasteiger charge is 2.37. The summed E-state index contributed by atoms with van der Waals surface area (Å²) in [4.78, 5) is 11.1. The fourth-order valence-corrected chi connectivity index (χ4v) is 2.12. The van der Waals surface area contributed by atoms with Gasteiger partial charge >= 0.3 is 12.1 Å². The Kier molecular flexibility index (Phi) is 4.16. The molecular weight excluding hydrogens is 269 g/mol. The molecule has 1 fully saturated rings. The molecule has 2 nitrogen and oxygen atoms in total. The molecule has 0 aromatic heterocycles. The van der Waals surface area contributed by atoms with Gasteiger partial charge in [0, 0.05) is 6.08 Å². The summed E-state index contributed by atoms with van der Waals surface area (Å²) >= 11 is 0. The van der Waals surface area contributed by atoms with E-state index in [9.17, 15) is 18.0 Å². The van der Waals surface area contributed by atoms with Crippen molar-refractivity contribution in [2.45, 2.75) is 25.4 Å². The minimum absolute atomic E-state index is 0.197. The minimum atomic E-state index is -4.30. The second kappa shape index (κ2) is 5.69. The molecular formula is C15H15F3O2. The maximum absolute atomic E-state index is 12.4. The van der Waals surface area contributed by atoms with Crippen molar-refractivity contribution in [3.8, 4) is 0 Å². The topological polar surface area (TPSA) is 26.3 Å². The molecule has 2 rings (SSSR count). The number of carbonyl (C=O) groups is 1. The molecule has 1 saturated carbocycles. The third-order valence-corrected chi connectivity index (χ3v) is 3.27. The van der Waals surface area contributed by atoms with Crippen molar-refractivity contribution >= 4 is 5.97 Å². The van der Waals surface area contributed by atoms with E-state index in [0.29, 0.717) is 6.61 Å². The summed E-state index contributed by atoms with van der Waals surface area (Å²) in [5.74, 6) is 0.0182. The van der Waals surface area contributed by atoms with Crippen LogP contribution in [0.4, 0.5) is 13.2 Å². The Hall–Kier alpha value is -1.78. The Morgan fingerprint density at radius 3 is 2.55 bits per heavy atom. The molecule has 0 N–H and O–H groups in total. The summed E-state index contributed by atoms with van der Waals surface area (Å²) in [7, 11) is 0. The summed E-state index contributed by atoms with van der Waals surface area (Å²) in [6.07, 6.45) is -0.300. The van der Waals surface area contributed by atoms with Gasteiger partial charge in [-0.15, -0.1) is 0 Å². The molecule has 108 valence electrons. The number of hydrogen-bond donors (Lipinski definition) is 0. The standard InChI is InChI=1S/C15H15F3O2/c1-2-20-14(19)8-5-11-9-13(11)10-3-6-12(7-4-10)15(16,17)18/h3-8,11,13H,2,9H2,1H3/b8-5+. The van der Waals surface area contributed by atoms with Gasteiger partial charge < -0.3 is 4.74 Å². The van der Waals surface area contributed by atoms with Gasteiger partial charge in [-0.05, 0) is 42.9 Å². The number of allylic oxidation sites excluding steroid dienone is 1. The lowest BCUT2D eigenvalue weighted by Crippen LogP contribution is -2.04. The van der Waals surface area contributed by atoms with E-state index in [1.807, 2.05) is 0 Å². The van der Waals surface area contributed by atoms with Crippen LogP contribution in [0.3, 0.4) is 0 Å². The van der Waals surface area contributed by atoms with Crippen LogP contribution in [-0.2, 0) is 15.7 Å². The van der Waals surface area contributed by atoms with E-state index in [-0.39, 0.29) is 17.8 Å². The SMILES string of the molecule is CCOC(=O)/C=C/C1CC1c1ccc(C(F)(F)F)cc1. The van der Waals surface area contributed by atoms with Crippen LogP contribution in [0.5, 0.6) is 0 Å². The molecule has 1 aliphatic rings. The van der Waals surface area contributed by atoms with Crippen molar-refractivity contribution < 1.29 is 22.7 Å². The van der Waals surface area contributed by atoms with Gasteiger partial charge in [0.15, 0.2) is 0 Å². The van der Waals surface area contributed by atoms with Gasteiger partial charge in [0.25, 0.3) is 0 Å². The van der Waals surface area contributed by atoms with Crippen molar-refractivity contribution in [1.29, 1.82) is 0 Å². The zero-order chi connectivity index (χ0) is 14.8. The predicted octanol–water partition coefficient (Wildman–Crippen LogP) is 3.93. The second-order valence-electron chi connectivity index (χ2n) is 4.74. The summed E-state index contributed by atoms with van der Waals surface area (Å²) in [6.45, 7) is 2.06. The average molecular weight is 284 g/mol. The Labute approximate surface area is 115 Å². The molecule has 20 heavy (non-hydrogen) atoms. The first kappa shape index (κ1) is 14.6. The summed E-state index contributed by atoms with van der Waals surface area (Å²) < 4.78 is 42.1. The van der Waals surface area contributed by atoms with E-state index < -0.39 is 11.7 Å². The summed E-state index contributed by atoms with van der Waals surface area (Å²) in [5, 5.41) is 0. The van der Waals surface area contributed by atoms with Crippen molar-refractivity contribution in [2.75, 3.05) is 6.61 Å². The Balaban J connectivity index is 1.94. The van der Waals surface area contributed by atoms with Gasteiger partial charge in [0.1, 0.15) is 0 Å². The molecule has 0 radical (unpaired) electrons. The first-order valence-corrected chi connectivity index (χ1v) is 6.44. The normalized spacial score (nSPS) is 22.0. The Morgan fingerprint density at radius 2 is 2.00 bits per heavy atom. The van der Waals surface area contributed by atoms with E-state index in [1.54, 1.807) is 13.0 Å². The molecule has 1 aliphatic carbocycles. The van der Waals surface area contributed by atoms with Crippen LogP contribution >= 0.6 is 0 Å². The van der Waals surface area contributed by atoms with Crippen LogP contribution in [0.25, 0.3) is 0 Å². The van der Waals surface area contributed by atoms with Gasteiger partial charge in [0.05, 0.1) is 12.2 Å². The predicted molar refractivity (Wildman–Crippen MR) is 68.1 cm³/mol. The third-order valence-electron chi connectivity index (χ3n) is 3.27. The highest BCUT2D eigenvalue weighted by molar-refractivity contribution is 5.82.